The number of amides is 1. The number of aromatic nitrogens is 1. The molecule has 2 heterocycles. The summed E-state index contributed by atoms with van der Waals surface area (Å²) in [5.74, 6) is -0.260. The highest BCUT2D eigenvalue weighted by molar-refractivity contribution is 14.1. The van der Waals surface area contributed by atoms with Crippen molar-refractivity contribution >= 4 is 34.6 Å². The minimum Gasteiger partial charge on any atom is -0.397 e. The molecule has 2 N–H and O–H groups in total. The van der Waals surface area contributed by atoms with Gasteiger partial charge in [0.2, 0.25) is 0 Å². The van der Waals surface area contributed by atoms with Crippen LogP contribution in [0.5, 0.6) is 0 Å². The molecule has 2 atom stereocenters. The number of rotatable bonds is 2. The number of hydrogen-bond donors (Lipinski definition) is 1. The molecule has 0 radical (unpaired) electrons. The van der Waals surface area contributed by atoms with Gasteiger partial charge in [-0.1, -0.05) is 0 Å². The maximum atomic E-state index is 13.7. The SMILES string of the molecule is Nc1cnccc1C(=O)N1CC[C@H](OI)[C@H](F)C1. The second-order valence-electron chi connectivity index (χ2n) is 4.15. The zero-order valence-corrected chi connectivity index (χ0v) is 11.7. The minimum absolute atomic E-state index is 0.0360. The lowest BCUT2D eigenvalue weighted by Gasteiger charge is -2.33. The molecule has 1 aliphatic heterocycles. The van der Waals surface area contributed by atoms with Crippen molar-refractivity contribution in [3.05, 3.63) is 24.0 Å². The van der Waals surface area contributed by atoms with Crippen molar-refractivity contribution < 1.29 is 12.3 Å². The van der Waals surface area contributed by atoms with E-state index in [1.807, 2.05) is 0 Å². The first-order chi connectivity index (χ1) is 8.63. The molecule has 1 saturated heterocycles. The van der Waals surface area contributed by atoms with Gasteiger partial charge in [0.1, 0.15) is 35.3 Å². The molecule has 0 aliphatic carbocycles. The number of carbonyl (C=O) groups excluding carboxylic acids is 1. The third-order valence-electron chi connectivity index (χ3n) is 2.97. The third-order valence-corrected chi connectivity index (χ3v) is 3.62. The van der Waals surface area contributed by atoms with Crippen LogP contribution in [-0.4, -0.2) is 41.2 Å². The van der Waals surface area contributed by atoms with Gasteiger partial charge in [-0.25, -0.2) is 4.39 Å². The van der Waals surface area contributed by atoms with Gasteiger partial charge in [-0.05, 0) is 12.5 Å². The van der Waals surface area contributed by atoms with Crippen LogP contribution in [0, 0.1) is 0 Å². The fraction of sp³-hybridized carbons (Fsp3) is 0.455. The molecule has 18 heavy (non-hydrogen) atoms. The molecule has 1 aliphatic rings. The molecular formula is C11H13FIN3O2. The molecule has 0 bridgehead atoms. The molecule has 1 amide bonds. The summed E-state index contributed by atoms with van der Waals surface area (Å²) >= 11 is 1.69. The maximum absolute atomic E-state index is 13.7. The number of nitrogen functional groups attached to an aromatic ring is 1. The fourth-order valence-corrected chi connectivity index (χ4v) is 2.51. The van der Waals surface area contributed by atoms with E-state index in [1.54, 1.807) is 29.1 Å². The highest BCUT2D eigenvalue weighted by atomic mass is 127. The van der Waals surface area contributed by atoms with Gasteiger partial charge < -0.3 is 13.7 Å². The second kappa shape index (κ2) is 5.79. The summed E-state index contributed by atoms with van der Waals surface area (Å²) < 4.78 is 18.7. The number of piperidine rings is 1. The summed E-state index contributed by atoms with van der Waals surface area (Å²) in [6, 6.07) is 1.55. The molecule has 0 unspecified atom stereocenters. The molecule has 1 fully saturated rings. The third kappa shape index (κ3) is 2.72. The first kappa shape index (κ1) is 13.5. The summed E-state index contributed by atoms with van der Waals surface area (Å²) in [6.07, 6.45) is 1.80. The van der Waals surface area contributed by atoms with Crippen molar-refractivity contribution in [1.82, 2.24) is 9.88 Å². The summed E-state index contributed by atoms with van der Waals surface area (Å²) in [7, 11) is 0. The Morgan fingerprint density at radius 1 is 1.67 bits per heavy atom. The number of nitrogens with zero attached hydrogens (tertiary/aromatic N) is 2. The Hall–Kier alpha value is -0.960. The molecule has 5 nitrogen and oxygen atoms in total. The van der Waals surface area contributed by atoms with E-state index in [1.165, 1.54) is 17.3 Å². The number of carbonyl (C=O) groups is 1. The van der Waals surface area contributed by atoms with E-state index in [0.717, 1.165) is 0 Å². The molecule has 1 aromatic rings. The van der Waals surface area contributed by atoms with Gasteiger partial charge in [-0.3, -0.25) is 9.78 Å². The molecule has 98 valence electrons. The number of alkyl halides is 1. The van der Waals surface area contributed by atoms with Crippen LogP contribution in [0.2, 0.25) is 0 Å². The van der Waals surface area contributed by atoms with Crippen LogP contribution in [0.4, 0.5) is 10.1 Å². The molecular weight excluding hydrogens is 352 g/mol. The van der Waals surface area contributed by atoms with E-state index >= 15 is 0 Å². The number of hydrogen-bond acceptors (Lipinski definition) is 4. The van der Waals surface area contributed by atoms with Crippen LogP contribution in [0.25, 0.3) is 0 Å². The van der Waals surface area contributed by atoms with Gasteiger partial charge in [0.15, 0.2) is 0 Å². The lowest BCUT2D eigenvalue weighted by atomic mass is 10.0. The normalized spacial score (nSPS) is 24.0. The van der Waals surface area contributed by atoms with Crippen molar-refractivity contribution in [2.24, 2.45) is 0 Å². The Kier molecular flexibility index (Phi) is 4.33. The number of halogens is 2. The van der Waals surface area contributed by atoms with Gasteiger partial charge in [0.05, 0.1) is 24.0 Å². The van der Waals surface area contributed by atoms with E-state index in [4.69, 9.17) is 8.80 Å². The zero-order chi connectivity index (χ0) is 13.1. The Labute approximate surface area is 118 Å². The number of anilines is 1. The Morgan fingerprint density at radius 2 is 2.44 bits per heavy atom. The van der Waals surface area contributed by atoms with Crippen LogP contribution in [-0.2, 0) is 3.07 Å². The molecule has 1 aromatic heterocycles. The Morgan fingerprint density at radius 3 is 3.06 bits per heavy atom. The molecule has 0 spiro atoms. The quantitative estimate of drug-likeness (QED) is 0.809. The highest BCUT2D eigenvalue weighted by Gasteiger charge is 2.32. The van der Waals surface area contributed by atoms with Gasteiger partial charge in [-0.2, -0.15) is 0 Å². The second-order valence-corrected chi connectivity index (χ2v) is 4.65. The maximum Gasteiger partial charge on any atom is 0.256 e. The summed E-state index contributed by atoms with van der Waals surface area (Å²) in [4.78, 5) is 17.5. The molecule has 7 heteroatoms. The van der Waals surface area contributed by atoms with Crippen LogP contribution in [0.15, 0.2) is 18.5 Å². The standard InChI is InChI=1S/C11H13FIN3O2/c12-8-6-16(4-2-10(8)18-13)11(17)7-1-3-15-5-9(7)14/h1,3,5,8,10H,2,4,6,14H2/t8-,10+/m1/s1. The molecule has 2 rings (SSSR count). The van der Waals surface area contributed by atoms with Crippen molar-refractivity contribution in [2.45, 2.75) is 18.7 Å². The van der Waals surface area contributed by atoms with Crippen molar-refractivity contribution in [2.75, 3.05) is 18.8 Å². The summed E-state index contributed by atoms with van der Waals surface area (Å²) in [5.41, 5.74) is 6.36. The van der Waals surface area contributed by atoms with Gasteiger partial charge >= 0.3 is 0 Å². The van der Waals surface area contributed by atoms with E-state index in [0.29, 0.717) is 24.2 Å². The fourth-order valence-electron chi connectivity index (χ4n) is 1.94. The molecule has 0 saturated carbocycles. The lowest BCUT2D eigenvalue weighted by molar-refractivity contribution is 0.0356. The predicted octanol–water partition coefficient (Wildman–Crippen LogP) is 1.58. The van der Waals surface area contributed by atoms with Crippen molar-refractivity contribution in [3.8, 4) is 0 Å². The van der Waals surface area contributed by atoms with E-state index in [2.05, 4.69) is 4.98 Å². The van der Waals surface area contributed by atoms with Crippen molar-refractivity contribution in [1.29, 1.82) is 0 Å². The number of likely N-dealkylation sites (tertiary alicyclic amines) is 1. The predicted molar refractivity (Wildman–Crippen MR) is 73.0 cm³/mol. The average molecular weight is 365 g/mol. The van der Waals surface area contributed by atoms with E-state index in [-0.39, 0.29) is 12.5 Å². The summed E-state index contributed by atoms with van der Waals surface area (Å²) in [5, 5.41) is 0. The van der Waals surface area contributed by atoms with Gasteiger partial charge in [0, 0.05) is 12.7 Å². The Bertz CT molecular complexity index is 446. The van der Waals surface area contributed by atoms with E-state index in [9.17, 15) is 9.18 Å². The number of pyridine rings is 1. The molecule has 0 aromatic carbocycles. The first-order valence-electron chi connectivity index (χ1n) is 5.53. The van der Waals surface area contributed by atoms with Crippen molar-refractivity contribution in [3.63, 3.8) is 0 Å². The lowest BCUT2D eigenvalue weighted by Crippen LogP contribution is -2.47. The van der Waals surface area contributed by atoms with Crippen LogP contribution in [0.1, 0.15) is 16.8 Å². The van der Waals surface area contributed by atoms with Crippen LogP contribution in [0.3, 0.4) is 0 Å². The zero-order valence-electron chi connectivity index (χ0n) is 9.55. The smallest absolute Gasteiger partial charge is 0.256 e. The minimum atomic E-state index is -1.16. The highest BCUT2D eigenvalue weighted by Crippen LogP contribution is 2.22. The topological polar surface area (TPSA) is 68.5 Å². The summed E-state index contributed by atoms with van der Waals surface area (Å²) in [6.45, 7) is 0.503. The van der Waals surface area contributed by atoms with Crippen LogP contribution < -0.4 is 5.73 Å². The van der Waals surface area contributed by atoms with E-state index < -0.39 is 12.3 Å². The average Bonchev–Trinajstić information content (AvgIpc) is 2.38. The van der Waals surface area contributed by atoms with Crippen LogP contribution >= 0.6 is 23.0 Å². The number of nitrogens with two attached hydrogens (primary N) is 1. The first-order valence-corrected chi connectivity index (χ1v) is 6.41. The largest absolute Gasteiger partial charge is 0.397 e. The monoisotopic (exact) mass is 365 g/mol. The Balaban J connectivity index is 2.10. The van der Waals surface area contributed by atoms with Gasteiger partial charge in [-0.15, -0.1) is 0 Å². The van der Waals surface area contributed by atoms with Gasteiger partial charge in [0.25, 0.3) is 5.91 Å².